The zero-order chi connectivity index (χ0) is 13.7. The zero-order valence-electron chi connectivity index (χ0n) is 11.1. The van der Waals surface area contributed by atoms with E-state index >= 15 is 0 Å². The molecule has 0 aromatic carbocycles. The van der Waals surface area contributed by atoms with Gasteiger partial charge in [0.05, 0.1) is 0 Å². The SMILES string of the molecule is CCN(CC)c1nc(NC)nc(Sc2nccs2)n1. The first kappa shape index (κ1) is 14.0. The van der Waals surface area contributed by atoms with Gasteiger partial charge < -0.3 is 10.2 Å². The van der Waals surface area contributed by atoms with Crippen LogP contribution in [0, 0.1) is 0 Å². The average molecular weight is 296 g/mol. The predicted octanol–water partition coefficient (Wildman–Crippen LogP) is 2.37. The van der Waals surface area contributed by atoms with Gasteiger partial charge in [-0.05, 0) is 25.6 Å². The van der Waals surface area contributed by atoms with Crippen LogP contribution in [0.25, 0.3) is 0 Å². The Labute approximate surface area is 120 Å². The Morgan fingerprint density at radius 2 is 2.05 bits per heavy atom. The molecule has 0 aliphatic rings. The van der Waals surface area contributed by atoms with Crippen molar-refractivity contribution in [2.75, 3.05) is 30.4 Å². The highest BCUT2D eigenvalue weighted by atomic mass is 32.2. The molecule has 19 heavy (non-hydrogen) atoms. The Hall–Kier alpha value is -1.41. The average Bonchev–Trinajstić information content (AvgIpc) is 2.93. The van der Waals surface area contributed by atoms with Crippen LogP contribution >= 0.6 is 23.1 Å². The lowest BCUT2D eigenvalue weighted by molar-refractivity contribution is 0.784. The van der Waals surface area contributed by atoms with E-state index in [2.05, 4.69) is 44.0 Å². The Morgan fingerprint density at radius 3 is 2.63 bits per heavy atom. The van der Waals surface area contributed by atoms with E-state index in [-0.39, 0.29) is 0 Å². The first-order valence-electron chi connectivity index (χ1n) is 6.03. The first-order chi connectivity index (χ1) is 9.26. The van der Waals surface area contributed by atoms with Crippen LogP contribution in [0.3, 0.4) is 0 Å². The minimum atomic E-state index is 0.580. The quantitative estimate of drug-likeness (QED) is 0.877. The summed E-state index contributed by atoms with van der Waals surface area (Å²) < 4.78 is 0.929. The summed E-state index contributed by atoms with van der Waals surface area (Å²) in [5.41, 5.74) is 0. The van der Waals surface area contributed by atoms with Crippen LogP contribution in [-0.4, -0.2) is 40.1 Å². The molecule has 0 unspecified atom stereocenters. The summed E-state index contributed by atoms with van der Waals surface area (Å²) in [6.07, 6.45) is 1.78. The van der Waals surface area contributed by atoms with Gasteiger partial charge in [-0.25, -0.2) is 4.98 Å². The Morgan fingerprint density at radius 1 is 1.26 bits per heavy atom. The molecule has 2 aromatic heterocycles. The van der Waals surface area contributed by atoms with Crippen molar-refractivity contribution in [3.05, 3.63) is 11.6 Å². The monoisotopic (exact) mass is 296 g/mol. The molecule has 0 saturated heterocycles. The van der Waals surface area contributed by atoms with Crippen LogP contribution in [0.15, 0.2) is 21.1 Å². The molecule has 8 heteroatoms. The molecular weight excluding hydrogens is 280 g/mol. The highest BCUT2D eigenvalue weighted by Gasteiger charge is 2.12. The summed E-state index contributed by atoms with van der Waals surface area (Å²) in [4.78, 5) is 19.5. The normalized spacial score (nSPS) is 10.5. The molecule has 0 spiro atoms. The van der Waals surface area contributed by atoms with Crippen molar-refractivity contribution in [2.24, 2.45) is 0 Å². The van der Waals surface area contributed by atoms with Crippen molar-refractivity contribution in [3.63, 3.8) is 0 Å². The summed E-state index contributed by atoms with van der Waals surface area (Å²) >= 11 is 3.03. The second-order valence-electron chi connectivity index (χ2n) is 3.56. The second-order valence-corrected chi connectivity index (χ2v) is 5.67. The molecule has 0 fully saturated rings. The van der Waals surface area contributed by atoms with Crippen LogP contribution in [0.5, 0.6) is 0 Å². The topological polar surface area (TPSA) is 66.8 Å². The number of hydrogen-bond acceptors (Lipinski definition) is 8. The number of thiazole rings is 1. The molecule has 2 rings (SSSR count). The summed E-state index contributed by atoms with van der Waals surface area (Å²) in [5, 5.41) is 5.57. The third kappa shape index (κ3) is 3.54. The molecule has 0 aliphatic carbocycles. The fourth-order valence-corrected chi connectivity index (χ4v) is 2.96. The lowest BCUT2D eigenvalue weighted by Crippen LogP contribution is -2.25. The minimum Gasteiger partial charge on any atom is -0.357 e. The molecule has 102 valence electrons. The van der Waals surface area contributed by atoms with Crippen LogP contribution in [0.1, 0.15) is 13.8 Å². The standard InChI is InChI=1S/C11H16N6S2/c1-4-17(5-2)9-14-8(12-3)15-10(16-9)19-11-13-6-7-18-11/h6-7H,4-5H2,1-3H3,(H,12,14,15,16). The van der Waals surface area contributed by atoms with Crippen LogP contribution in [0.4, 0.5) is 11.9 Å². The maximum Gasteiger partial charge on any atom is 0.231 e. The van der Waals surface area contributed by atoms with Gasteiger partial charge in [0.15, 0.2) is 4.34 Å². The van der Waals surface area contributed by atoms with Gasteiger partial charge in [0, 0.05) is 31.7 Å². The van der Waals surface area contributed by atoms with E-state index in [0.29, 0.717) is 17.1 Å². The lowest BCUT2D eigenvalue weighted by Gasteiger charge is -2.19. The predicted molar refractivity (Wildman–Crippen MR) is 79.2 cm³/mol. The maximum absolute atomic E-state index is 4.49. The molecule has 0 bridgehead atoms. The molecular formula is C11H16N6S2. The Balaban J connectivity index is 2.30. The lowest BCUT2D eigenvalue weighted by atomic mass is 10.5. The van der Waals surface area contributed by atoms with E-state index < -0.39 is 0 Å². The fourth-order valence-electron chi connectivity index (χ4n) is 1.49. The second kappa shape index (κ2) is 6.67. The van der Waals surface area contributed by atoms with Crippen molar-refractivity contribution in [3.8, 4) is 0 Å². The van der Waals surface area contributed by atoms with Gasteiger partial charge in [-0.3, -0.25) is 0 Å². The number of aromatic nitrogens is 4. The molecule has 2 heterocycles. The summed E-state index contributed by atoms with van der Waals surface area (Å²) in [6, 6.07) is 0. The minimum absolute atomic E-state index is 0.580. The summed E-state index contributed by atoms with van der Waals surface area (Å²) in [7, 11) is 1.80. The van der Waals surface area contributed by atoms with E-state index in [1.165, 1.54) is 11.8 Å². The summed E-state index contributed by atoms with van der Waals surface area (Å²) in [5.74, 6) is 1.28. The van der Waals surface area contributed by atoms with Gasteiger partial charge in [0.25, 0.3) is 0 Å². The number of anilines is 2. The van der Waals surface area contributed by atoms with E-state index in [0.717, 1.165) is 17.4 Å². The number of nitrogens with one attached hydrogen (secondary N) is 1. The molecule has 0 saturated carbocycles. The van der Waals surface area contributed by atoms with E-state index in [4.69, 9.17) is 0 Å². The largest absolute Gasteiger partial charge is 0.357 e. The Bertz CT molecular complexity index is 512. The molecule has 0 aliphatic heterocycles. The Kier molecular flexibility index (Phi) is 4.92. The summed E-state index contributed by atoms with van der Waals surface area (Å²) in [6.45, 7) is 5.90. The molecule has 6 nitrogen and oxygen atoms in total. The van der Waals surface area contributed by atoms with Crippen molar-refractivity contribution in [1.29, 1.82) is 0 Å². The first-order valence-corrected chi connectivity index (χ1v) is 7.72. The number of nitrogens with zero attached hydrogens (tertiary/aromatic N) is 5. The van der Waals surface area contributed by atoms with Crippen molar-refractivity contribution < 1.29 is 0 Å². The van der Waals surface area contributed by atoms with Crippen molar-refractivity contribution in [2.45, 2.75) is 23.3 Å². The third-order valence-corrected chi connectivity index (χ3v) is 4.21. The van der Waals surface area contributed by atoms with Gasteiger partial charge >= 0.3 is 0 Å². The van der Waals surface area contributed by atoms with Gasteiger partial charge in [0.2, 0.25) is 17.1 Å². The van der Waals surface area contributed by atoms with E-state index in [9.17, 15) is 0 Å². The number of rotatable bonds is 6. The molecule has 0 radical (unpaired) electrons. The van der Waals surface area contributed by atoms with Crippen LogP contribution in [0.2, 0.25) is 0 Å². The highest BCUT2D eigenvalue weighted by Crippen LogP contribution is 2.27. The third-order valence-electron chi connectivity index (χ3n) is 2.46. The van der Waals surface area contributed by atoms with Crippen molar-refractivity contribution in [1.82, 2.24) is 19.9 Å². The maximum atomic E-state index is 4.49. The van der Waals surface area contributed by atoms with E-state index in [1.54, 1.807) is 24.6 Å². The van der Waals surface area contributed by atoms with E-state index in [1.807, 2.05) is 5.38 Å². The van der Waals surface area contributed by atoms with Gasteiger partial charge in [-0.1, -0.05) is 0 Å². The van der Waals surface area contributed by atoms with Crippen molar-refractivity contribution >= 4 is 35.0 Å². The fraction of sp³-hybridized carbons (Fsp3) is 0.455. The number of hydrogen-bond donors (Lipinski definition) is 1. The van der Waals surface area contributed by atoms with Gasteiger partial charge in [-0.2, -0.15) is 15.0 Å². The molecule has 0 amide bonds. The van der Waals surface area contributed by atoms with Crippen LogP contribution < -0.4 is 10.2 Å². The van der Waals surface area contributed by atoms with Crippen LogP contribution in [-0.2, 0) is 0 Å². The van der Waals surface area contributed by atoms with Gasteiger partial charge in [0.1, 0.15) is 0 Å². The van der Waals surface area contributed by atoms with Gasteiger partial charge in [-0.15, -0.1) is 11.3 Å². The zero-order valence-corrected chi connectivity index (χ0v) is 12.8. The molecule has 0 atom stereocenters. The molecule has 1 N–H and O–H groups in total. The smallest absolute Gasteiger partial charge is 0.231 e. The highest BCUT2D eigenvalue weighted by molar-refractivity contribution is 8.00. The molecule has 2 aromatic rings.